The molecule has 30 heavy (non-hydrogen) atoms. The van der Waals surface area contributed by atoms with E-state index in [0.29, 0.717) is 17.9 Å². The molecule has 0 aromatic heterocycles. The molecule has 0 heterocycles. The second kappa shape index (κ2) is 11.0. The van der Waals surface area contributed by atoms with Gasteiger partial charge in [0.15, 0.2) is 13.6 Å². The predicted octanol–water partition coefficient (Wildman–Crippen LogP) is 5.27. The van der Waals surface area contributed by atoms with Crippen molar-refractivity contribution in [3.63, 3.8) is 0 Å². The monoisotopic (exact) mass is 418 g/mol. The minimum atomic E-state index is -0.914. The van der Waals surface area contributed by atoms with Crippen molar-refractivity contribution in [2.75, 3.05) is 27.8 Å². The van der Waals surface area contributed by atoms with E-state index in [1.54, 1.807) is 14.2 Å². The Hall–Kier alpha value is -1.82. The maximum absolute atomic E-state index is 12.1. The van der Waals surface area contributed by atoms with E-state index in [9.17, 15) is 5.11 Å². The Labute approximate surface area is 181 Å². The van der Waals surface area contributed by atoms with E-state index in [1.807, 2.05) is 18.2 Å². The Morgan fingerprint density at radius 1 is 1.17 bits per heavy atom. The van der Waals surface area contributed by atoms with Crippen LogP contribution < -0.4 is 9.47 Å². The van der Waals surface area contributed by atoms with Gasteiger partial charge in [-0.05, 0) is 50.8 Å². The van der Waals surface area contributed by atoms with Gasteiger partial charge in [-0.25, -0.2) is 0 Å². The molecule has 0 radical (unpaired) electrons. The molecule has 1 fully saturated rings. The lowest BCUT2D eigenvalue weighted by Crippen LogP contribution is -2.54. The molecule has 0 spiro atoms. The molecule has 0 saturated heterocycles. The summed E-state index contributed by atoms with van der Waals surface area (Å²) in [7, 11) is 3.19. The quantitative estimate of drug-likeness (QED) is 0.414. The molecule has 1 aromatic rings. The molecule has 1 aromatic carbocycles. The lowest BCUT2D eigenvalue weighted by Gasteiger charge is -2.51. The lowest BCUT2D eigenvalue weighted by atomic mass is 9.57. The van der Waals surface area contributed by atoms with Crippen molar-refractivity contribution in [1.29, 1.82) is 0 Å². The van der Waals surface area contributed by atoms with Crippen molar-refractivity contribution in [2.24, 2.45) is 11.3 Å². The second-order valence-corrected chi connectivity index (χ2v) is 8.79. The van der Waals surface area contributed by atoms with Crippen molar-refractivity contribution in [2.45, 2.75) is 59.0 Å². The fourth-order valence-corrected chi connectivity index (χ4v) is 4.31. The average molecular weight is 419 g/mol. The Kier molecular flexibility index (Phi) is 8.95. The zero-order valence-electron chi connectivity index (χ0n) is 19.4. The molecule has 0 bridgehead atoms. The molecule has 1 aliphatic carbocycles. The Morgan fingerprint density at radius 2 is 1.87 bits per heavy atom. The third kappa shape index (κ3) is 5.87. The van der Waals surface area contributed by atoms with E-state index < -0.39 is 5.60 Å². The highest BCUT2D eigenvalue weighted by atomic mass is 16.7. The standard InChI is InChI=1S/C25H38O5/c1-19(2)9-7-13-24(4)14-8-10-20(3)25(24,26)16-21-15-22(29-17-27-5)11-12-23(21)30-18-28-6/h7,9,11-13,15,20,26H,8,10,14,16-18H2,1-6H3/b13-7+/t20-,24+,25+/m1/s1. The molecule has 0 amide bonds. The minimum absolute atomic E-state index is 0.145. The summed E-state index contributed by atoms with van der Waals surface area (Å²) in [5.74, 6) is 1.53. The van der Waals surface area contributed by atoms with Gasteiger partial charge in [0.05, 0.1) is 5.60 Å². The first-order valence-corrected chi connectivity index (χ1v) is 10.7. The molecular formula is C25H38O5. The van der Waals surface area contributed by atoms with Crippen LogP contribution in [0.2, 0.25) is 0 Å². The minimum Gasteiger partial charge on any atom is -0.468 e. The van der Waals surface area contributed by atoms with Crippen LogP contribution in [-0.4, -0.2) is 38.5 Å². The SMILES string of the molecule is COCOc1ccc(OCOC)c(C[C@]2(O)[C@H](C)CCC[C@]2(C)/C=C/C=C(C)C)c1. The van der Waals surface area contributed by atoms with Gasteiger partial charge in [0, 0.05) is 31.6 Å². The number of allylic oxidation sites excluding steroid dienone is 3. The number of hydrogen-bond donors (Lipinski definition) is 1. The molecule has 0 unspecified atom stereocenters. The van der Waals surface area contributed by atoms with E-state index in [4.69, 9.17) is 18.9 Å². The van der Waals surface area contributed by atoms with Crippen LogP contribution in [0.5, 0.6) is 11.5 Å². The van der Waals surface area contributed by atoms with Gasteiger partial charge >= 0.3 is 0 Å². The largest absolute Gasteiger partial charge is 0.468 e. The fraction of sp³-hybridized carbons (Fsp3) is 0.600. The average Bonchev–Trinajstić information content (AvgIpc) is 2.70. The van der Waals surface area contributed by atoms with Crippen LogP contribution in [0, 0.1) is 11.3 Å². The van der Waals surface area contributed by atoms with E-state index in [1.165, 1.54) is 5.57 Å². The molecule has 168 valence electrons. The van der Waals surface area contributed by atoms with Crippen molar-refractivity contribution in [1.82, 2.24) is 0 Å². The van der Waals surface area contributed by atoms with Gasteiger partial charge in [-0.3, -0.25) is 0 Å². The molecule has 0 aliphatic heterocycles. The highest BCUT2D eigenvalue weighted by molar-refractivity contribution is 5.42. The maximum atomic E-state index is 12.1. The highest BCUT2D eigenvalue weighted by Gasteiger charge is 2.51. The summed E-state index contributed by atoms with van der Waals surface area (Å²) >= 11 is 0. The second-order valence-electron chi connectivity index (χ2n) is 8.79. The highest BCUT2D eigenvalue weighted by Crippen LogP contribution is 2.51. The number of ether oxygens (including phenoxy) is 4. The first-order valence-electron chi connectivity index (χ1n) is 10.7. The van der Waals surface area contributed by atoms with E-state index in [0.717, 1.165) is 24.8 Å². The van der Waals surface area contributed by atoms with Crippen molar-refractivity contribution in [3.8, 4) is 11.5 Å². The van der Waals surface area contributed by atoms with Gasteiger partial charge in [-0.1, -0.05) is 44.1 Å². The van der Waals surface area contributed by atoms with Crippen LogP contribution in [0.1, 0.15) is 52.5 Å². The van der Waals surface area contributed by atoms with Gasteiger partial charge in [0.2, 0.25) is 0 Å². The molecule has 5 heteroatoms. The molecule has 5 nitrogen and oxygen atoms in total. The van der Waals surface area contributed by atoms with Crippen LogP contribution in [0.4, 0.5) is 0 Å². The summed E-state index contributed by atoms with van der Waals surface area (Å²) in [6.07, 6.45) is 9.86. The molecule has 1 N–H and O–H groups in total. The number of methoxy groups -OCH3 is 2. The number of hydrogen-bond acceptors (Lipinski definition) is 5. The van der Waals surface area contributed by atoms with E-state index >= 15 is 0 Å². The summed E-state index contributed by atoms with van der Waals surface area (Å²) in [6, 6.07) is 5.64. The summed E-state index contributed by atoms with van der Waals surface area (Å²) < 4.78 is 21.6. The molecular weight excluding hydrogens is 380 g/mol. The number of rotatable bonds is 10. The van der Waals surface area contributed by atoms with Gasteiger partial charge in [-0.2, -0.15) is 0 Å². The van der Waals surface area contributed by atoms with Crippen molar-refractivity contribution in [3.05, 3.63) is 47.6 Å². The summed E-state index contributed by atoms with van der Waals surface area (Å²) in [4.78, 5) is 0. The lowest BCUT2D eigenvalue weighted by molar-refractivity contribution is -0.118. The smallest absolute Gasteiger partial charge is 0.188 e. The zero-order valence-corrected chi connectivity index (χ0v) is 19.4. The molecule has 2 rings (SSSR count). The summed E-state index contributed by atoms with van der Waals surface area (Å²) in [6.45, 7) is 8.78. The number of benzene rings is 1. The Balaban J connectivity index is 2.42. The van der Waals surface area contributed by atoms with Crippen LogP contribution in [0.25, 0.3) is 0 Å². The maximum Gasteiger partial charge on any atom is 0.188 e. The fourth-order valence-electron chi connectivity index (χ4n) is 4.31. The van der Waals surface area contributed by atoms with Crippen molar-refractivity contribution >= 4 is 0 Å². The first-order chi connectivity index (χ1) is 14.3. The van der Waals surface area contributed by atoms with Gasteiger partial charge in [0.25, 0.3) is 0 Å². The zero-order chi connectivity index (χ0) is 22.2. The predicted molar refractivity (Wildman–Crippen MR) is 120 cm³/mol. The van der Waals surface area contributed by atoms with Gasteiger partial charge in [-0.15, -0.1) is 0 Å². The summed E-state index contributed by atoms with van der Waals surface area (Å²) in [5.41, 5.74) is 0.875. The third-order valence-electron chi connectivity index (χ3n) is 6.20. The van der Waals surface area contributed by atoms with Crippen LogP contribution in [0.15, 0.2) is 42.0 Å². The van der Waals surface area contributed by atoms with Crippen LogP contribution in [-0.2, 0) is 15.9 Å². The Morgan fingerprint density at radius 3 is 2.53 bits per heavy atom. The summed E-state index contributed by atoms with van der Waals surface area (Å²) in [5, 5.41) is 12.1. The molecule has 1 saturated carbocycles. The third-order valence-corrected chi connectivity index (χ3v) is 6.20. The van der Waals surface area contributed by atoms with Crippen LogP contribution in [0.3, 0.4) is 0 Å². The number of aliphatic hydroxyl groups is 1. The van der Waals surface area contributed by atoms with Crippen LogP contribution >= 0.6 is 0 Å². The van der Waals surface area contributed by atoms with Gasteiger partial charge in [0.1, 0.15) is 11.5 Å². The van der Waals surface area contributed by atoms with Crippen molar-refractivity contribution < 1.29 is 24.1 Å². The van der Waals surface area contributed by atoms with E-state index in [2.05, 4.69) is 45.9 Å². The first kappa shape index (κ1) is 24.4. The topological polar surface area (TPSA) is 57.2 Å². The van der Waals surface area contributed by atoms with Gasteiger partial charge < -0.3 is 24.1 Å². The normalized spacial score (nSPS) is 26.6. The Bertz CT molecular complexity index is 737. The molecule has 3 atom stereocenters. The van der Waals surface area contributed by atoms with E-state index in [-0.39, 0.29) is 24.9 Å². The molecule has 1 aliphatic rings.